The number of nitrogens with zero attached hydrogens (tertiary/aromatic N) is 1. The summed E-state index contributed by atoms with van der Waals surface area (Å²) in [6, 6.07) is 11.1. The van der Waals surface area contributed by atoms with E-state index in [1.807, 2.05) is 12.3 Å². The third-order valence-electron chi connectivity index (χ3n) is 4.02. The van der Waals surface area contributed by atoms with Crippen LogP contribution < -0.4 is 5.32 Å². The minimum Gasteiger partial charge on any atom is -0.382 e. The van der Waals surface area contributed by atoms with Crippen molar-refractivity contribution in [3.05, 3.63) is 36.5 Å². The van der Waals surface area contributed by atoms with Gasteiger partial charge in [0.15, 0.2) is 0 Å². The molecular weight excluding hydrogens is 220 g/mol. The van der Waals surface area contributed by atoms with Crippen LogP contribution in [0.3, 0.4) is 0 Å². The predicted octanol–water partition coefficient (Wildman–Crippen LogP) is 4.23. The molecule has 2 heteroatoms. The fraction of sp³-hybridized carbons (Fsp3) is 0.438. The van der Waals surface area contributed by atoms with E-state index < -0.39 is 0 Å². The van der Waals surface area contributed by atoms with Crippen LogP contribution in [0, 0.1) is 5.92 Å². The van der Waals surface area contributed by atoms with Gasteiger partial charge in [-0.25, -0.2) is 0 Å². The summed E-state index contributed by atoms with van der Waals surface area (Å²) >= 11 is 0. The summed E-state index contributed by atoms with van der Waals surface area (Å²) in [6.45, 7) is 2.36. The number of benzene rings is 1. The van der Waals surface area contributed by atoms with E-state index in [0.29, 0.717) is 6.04 Å². The van der Waals surface area contributed by atoms with Crippen molar-refractivity contribution in [3.8, 4) is 0 Å². The van der Waals surface area contributed by atoms with E-state index in [2.05, 4.69) is 41.5 Å². The Labute approximate surface area is 108 Å². The van der Waals surface area contributed by atoms with Gasteiger partial charge in [0.1, 0.15) is 0 Å². The Morgan fingerprint density at radius 1 is 1.06 bits per heavy atom. The minimum absolute atomic E-state index is 0.631. The van der Waals surface area contributed by atoms with Gasteiger partial charge in [0.25, 0.3) is 0 Å². The SMILES string of the molecule is CC1CCC(Nc2ccnc3ccccc23)CC1. The third-order valence-corrected chi connectivity index (χ3v) is 4.02. The molecule has 1 N–H and O–H groups in total. The molecule has 1 aromatic heterocycles. The molecule has 2 nitrogen and oxygen atoms in total. The monoisotopic (exact) mass is 240 g/mol. The maximum absolute atomic E-state index is 4.41. The first-order chi connectivity index (χ1) is 8.83. The normalized spacial score (nSPS) is 24.1. The molecule has 1 saturated carbocycles. The standard InChI is InChI=1S/C16H20N2/c1-12-6-8-13(9-7-12)18-16-10-11-17-15-5-3-2-4-14(15)16/h2-5,10-13H,6-9H2,1H3,(H,17,18). The fourth-order valence-corrected chi connectivity index (χ4v) is 2.85. The lowest BCUT2D eigenvalue weighted by molar-refractivity contribution is 0.361. The van der Waals surface area contributed by atoms with E-state index in [0.717, 1.165) is 11.4 Å². The van der Waals surface area contributed by atoms with Crippen LogP contribution >= 0.6 is 0 Å². The van der Waals surface area contributed by atoms with Crippen LogP contribution in [0.2, 0.25) is 0 Å². The summed E-state index contributed by atoms with van der Waals surface area (Å²) in [6.07, 6.45) is 7.17. The van der Waals surface area contributed by atoms with Crippen LogP contribution in [-0.4, -0.2) is 11.0 Å². The molecule has 1 fully saturated rings. The third kappa shape index (κ3) is 2.33. The number of hydrogen-bond acceptors (Lipinski definition) is 2. The maximum atomic E-state index is 4.41. The van der Waals surface area contributed by atoms with Crippen LogP contribution in [0.15, 0.2) is 36.5 Å². The van der Waals surface area contributed by atoms with Gasteiger partial charge < -0.3 is 5.32 Å². The molecule has 1 aliphatic carbocycles. The van der Waals surface area contributed by atoms with Crippen molar-refractivity contribution in [1.82, 2.24) is 4.98 Å². The van der Waals surface area contributed by atoms with Crippen molar-refractivity contribution in [3.63, 3.8) is 0 Å². The van der Waals surface area contributed by atoms with E-state index in [-0.39, 0.29) is 0 Å². The van der Waals surface area contributed by atoms with Gasteiger partial charge in [0.05, 0.1) is 5.52 Å². The van der Waals surface area contributed by atoms with Gasteiger partial charge in [-0.3, -0.25) is 4.98 Å². The average Bonchev–Trinajstić information content (AvgIpc) is 2.42. The summed E-state index contributed by atoms with van der Waals surface area (Å²) in [5.41, 5.74) is 2.31. The second-order valence-corrected chi connectivity index (χ2v) is 5.48. The smallest absolute Gasteiger partial charge is 0.0722 e. The topological polar surface area (TPSA) is 24.9 Å². The summed E-state index contributed by atoms with van der Waals surface area (Å²) in [7, 11) is 0. The number of pyridine rings is 1. The number of fused-ring (bicyclic) bond motifs is 1. The van der Waals surface area contributed by atoms with E-state index in [4.69, 9.17) is 0 Å². The summed E-state index contributed by atoms with van der Waals surface area (Å²) in [4.78, 5) is 4.41. The van der Waals surface area contributed by atoms with Gasteiger partial charge in [0, 0.05) is 23.3 Å². The number of nitrogens with one attached hydrogen (secondary N) is 1. The number of hydrogen-bond donors (Lipinski definition) is 1. The van der Waals surface area contributed by atoms with Crippen molar-refractivity contribution < 1.29 is 0 Å². The number of aromatic nitrogens is 1. The van der Waals surface area contributed by atoms with Crippen LogP contribution in [0.5, 0.6) is 0 Å². The molecule has 1 aliphatic rings. The maximum Gasteiger partial charge on any atom is 0.0722 e. The first-order valence-electron chi connectivity index (χ1n) is 6.93. The summed E-state index contributed by atoms with van der Waals surface area (Å²) < 4.78 is 0. The number of anilines is 1. The van der Waals surface area contributed by atoms with Gasteiger partial charge in [-0.05, 0) is 43.7 Å². The minimum atomic E-state index is 0.631. The van der Waals surface area contributed by atoms with E-state index in [9.17, 15) is 0 Å². The molecule has 0 unspecified atom stereocenters. The van der Waals surface area contributed by atoms with Crippen LogP contribution in [-0.2, 0) is 0 Å². The van der Waals surface area contributed by atoms with Crippen molar-refractivity contribution in [1.29, 1.82) is 0 Å². The summed E-state index contributed by atoms with van der Waals surface area (Å²) in [5.74, 6) is 0.900. The van der Waals surface area contributed by atoms with E-state index in [1.165, 1.54) is 36.8 Å². The highest BCUT2D eigenvalue weighted by Gasteiger charge is 2.18. The summed E-state index contributed by atoms with van der Waals surface area (Å²) in [5, 5.41) is 4.94. The molecule has 18 heavy (non-hydrogen) atoms. The zero-order valence-corrected chi connectivity index (χ0v) is 10.9. The molecule has 0 radical (unpaired) electrons. The molecule has 0 bridgehead atoms. The lowest BCUT2D eigenvalue weighted by atomic mass is 9.87. The highest BCUT2D eigenvalue weighted by Crippen LogP contribution is 2.28. The molecule has 0 amide bonds. The van der Waals surface area contributed by atoms with Gasteiger partial charge in [-0.2, -0.15) is 0 Å². The van der Waals surface area contributed by atoms with E-state index in [1.54, 1.807) is 0 Å². The van der Waals surface area contributed by atoms with Crippen LogP contribution in [0.4, 0.5) is 5.69 Å². The molecule has 2 aromatic rings. The Hall–Kier alpha value is -1.57. The Balaban J connectivity index is 1.82. The quantitative estimate of drug-likeness (QED) is 0.850. The van der Waals surface area contributed by atoms with E-state index >= 15 is 0 Å². The van der Waals surface area contributed by atoms with Crippen molar-refractivity contribution >= 4 is 16.6 Å². The molecule has 1 heterocycles. The Morgan fingerprint density at radius 3 is 2.67 bits per heavy atom. The van der Waals surface area contributed by atoms with Gasteiger partial charge in [-0.15, -0.1) is 0 Å². The van der Waals surface area contributed by atoms with Crippen LogP contribution in [0.1, 0.15) is 32.6 Å². The zero-order chi connectivity index (χ0) is 12.4. The van der Waals surface area contributed by atoms with Gasteiger partial charge in [0.2, 0.25) is 0 Å². The Morgan fingerprint density at radius 2 is 1.83 bits per heavy atom. The Bertz CT molecular complexity index is 522. The van der Waals surface area contributed by atoms with Crippen molar-refractivity contribution in [2.75, 3.05) is 5.32 Å². The largest absolute Gasteiger partial charge is 0.382 e. The fourth-order valence-electron chi connectivity index (χ4n) is 2.85. The van der Waals surface area contributed by atoms with Crippen molar-refractivity contribution in [2.45, 2.75) is 38.6 Å². The highest BCUT2D eigenvalue weighted by molar-refractivity contribution is 5.90. The lowest BCUT2D eigenvalue weighted by Crippen LogP contribution is -2.25. The van der Waals surface area contributed by atoms with Crippen LogP contribution in [0.25, 0.3) is 10.9 Å². The predicted molar refractivity (Wildman–Crippen MR) is 76.8 cm³/mol. The second kappa shape index (κ2) is 4.97. The van der Waals surface area contributed by atoms with Crippen molar-refractivity contribution in [2.24, 2.45) is 5.92 Å². The highest BCUT2D eigenvalue weighted by atomic mass is 14.9. The average molecular weight is 240 g/mol. The molecule has 3 rings (SSSR count). The number of rotatable bonds is 2. The second-order valence-electron chi connectivity index (χ2n) is 5.48. The molecule has 0 atom stereocenters. The molecule has 0 saturated heterocycles. The van der Waals surface area contributed by atoms with Gasteiger partial charge >= 0.3 is 0 Å². The first-order valence-corrected chi connectivity index (χ1v) is 6.93. The molecular formula is C16H20N2. The Kier molecular flexibility index (Phi) is 3.18. The molecule has 94 valence electrons. The van der Waals surface area contributed by atoms with Gasteiger partial charge in [-0.1, -0.05) is 25.1 Å². The zero-order valence-electron chi connectivity index (χ0n) is 10.9. The molecule has 1 aromatic carbocycles. The lowest BCUT2D eigenvalue weighted by Gasteiger charge is -2.28. The number of para-hydroxylation sites is 1. The first kappa shape index (κ1) is 11.5. The molecule has 0 aliphatic heterocycles. The molecule has 0 spiro atoms.